The fourth-order valence-electron chi connectivity index (χ4n) is 6.53. The van der Waals surface area contributed by atoms with E-state index < -0.39 is 5.76 Å². The smallest absolute Gasteiger partial charge is 0.408 e. The fraction of sp³-hybridized carbons (Fsp3) is 0.591. The number of aromatic nitrogens is 1. The minimum atomic E-state index is -0.482. The number of nitrogens with zero attached hydrogens (tertiary/aromatic N) is 1. The van der Waals surface area contributed by atoms with Crippen molar-refractivity contribution in [3.05, 3.63) is 34.8 Å². The van der Waals surface area contributed by atoms with E-state index in [2.05, 4.69) is 10.9 Å². The van der Waals surface area contributed by atoms with E-state index in [1.807, 2.05) is 6.07 Å². The summed E-state index contributed by atoms with van der Waals surface area (Å²) in [6.07, 6.45) is 8.12. The summed E-state index contributed by atoms with van der Waals surface area (Å²) in [4.78, 5) is 36.6. The molecule has 0 aliphatic heterocycles. The largest absolute Gasteiger partial charge is 0.419 e. The zero-order valence-electron chi connectivity index (χ0n) is 16.5. The maximum atomic E-state index is 12.5. The highest BCUT2D eigenvalue weighted by Gasteiger charge is 2.51. The number of benzene rings is 1. The lowest BCUT2D eigenvalue weighted by molar-refractivity contribution is -0.134. The quantitative estimate of drug-likeness (QED) is 0.759. The average Bonchev–Trinajstić information content (AvgIpc) is 2.98. The topological polar surface area (TPSA) is 93.3 Å². The minimum absolute atomic E-state index is 0.0844. The van der Waals surface area contributed by atoms with Crippen LogP contribution in [0.3, 0.4) is 0 Å². The van der Waals surface area contributed by atoms with Crippen LogP contribution >= 0.6 is 0 Å². The second-order valence-electron chi connectivity index (χ2n) is 9.43. The van der Waals surface area contributed by atoms with Crippen LogP contribution in [0.15, 0.2) is 33.5 Å². The molecule has 6 rings (SSSR count). The van der Waals surface area contributed by atoms with E-state index in [4.69, 9.17) is 4.42 Å². The van der Waals surface area contributed by atoms with Crippen molar-refractivity contribution in [2.75, 3.05) is 0 Å². The van der Waals surface area contributed by atoms with Crippen molar-refractivity contribution >= 4 is 22.9 Å². The van der Waals surface area contributed by atoms with Crippen molar-refractivity contribution in [3.63, 3.8) is 0 Å². The molecule has 7 nitrogen and oxygen atoms in total. The van der Waals surface area contributed by atoms with Crippen LogP contribution in [0.5, 0.6) is 0 Å². The highest BCUT2D eigenvalue weighted by Crippen LogP contribution is 2.61. The predicted molar refractivity (Wildman–Crippen MR) is 107 cm³/mol. The molecule has 2 N–H and O–H groups in total. The third kappa shape index (κ3) is 3.58. The SMILES string of the molecule is O=C(CCn1c(=O)oc2ccccc21)NNC(=O)CC12CC3CC(CC(C3)C1)C2. The highest BCUT2D eigenvalue weighted by atomic mass is 16.4. The molecule has 4 aliphatic carbocycles. The second-order valence-corrected chi connectivity index (χ2v) is 9.43. The normalized spacial score (nSPS) is 29.9. The molecule has 4 aliphatic rings. The fourth-order valence-corrected chi connectivity index (χ4v) is 6.53. The Morgan fingerprint density at radius 2 is 1.62 bits per heavy atom. The van der Waals surface area contributed by atoms with Gasteiger partial charge < -0.3 is 4.42 Å². The van der Waals surface area contributed by atoms with E-state index in [-0.39, 0.29) is 30.2 Å². The van der Waals surface area contributed by atoms with E-state index in [0.717, 1.165) is 37.0 Å². The Hall–Kier alpha value is -2.57. The van der Waals surface area contributed by atoms with Crippen LogP contribution in [0.4, 0.5) is 0 Å². The number of oxazole rings is 1. The number of hydrogen-bond donors (Lipinski definition) is 2. The summed E-state index contributed by atoms with van der Waals surface area (Å²) in [5.41, 5.74) is 6.41. The van der Waals surface area contributed by atoms with Crippen LogP contribution in [0, 0.1) is 23.2 Å². The number of para-hydroxylation sites is 2. The van der Waals surface area contributed by atoms with Crippen LogP contribution < -0.4 is 16.6 Å². The first kappa shape index (κ1) is 18.5. The standard InChI is InChI=1S/C22H27N3O4/c26-19(5-6-25-17-3-1-2-4-18(17)29-21(25)28)23-24-20(27)13-22-10-14-7-15(11-22)9-16(8-14)12-22/h1-4,14-16H,5-13H2,(H,23,26)(H,24,27). The third-order valence-electron chi connectivity index (χ3n) is 7.18. The van der Waals surface area contributed by atoms with Gasteiger partial charge in [0.05, 0.1) is 5.52 Å². The van der Waals surface area contributed by atoms with Crippen molar-refractivity contribution in [3.8, 4) is 0 Å². The molecular formula is C22H27N3O4. The molecule has 29 heavy (non-hydrogen) atoms. The third-order valence-corrected chi connectivity index (χ3v) is 7.18. The zero-order chi connectivity index (χ0) is 20.0. The lowest BCUT2D eigenvalue weighted by Gasteiger charge is -2.56. The van der Waals surface area contributed by atoms with E-state index in [1.54, 1.807) is 18.2 Å². The van der Waals surface area contributed by atoms with Crippen molar-refractivity contribution in [1.29, 1.82) is 0 Å². The van der Waals surface area contributed by atoms with Crippen LogP contribution in [-0.2, 0) is 16.1 Å². The number of amides is 2. The van der Waals surface area contributed by atoms with Gasteiger partial charge in [-0.2, -0.15) is 0 Å². The molecule has 4 fully saturated rings. The molecule has 2 amide bonds. The Morgan fingerprint density at radius 3 is 2.31 bits per heavy atom. The maximum absolute atomic E-state index is 12.5. The summed E-state index contributed by atoms with van der Waals surface area (Å²) in [7, 11) is 0. The summed E-state index contributed by atoms with van der Waals surface area (Å²) in [5.74, 6) is 1.49. The Bertz CT molecular complexity index is 970. The second kappa shape index (κ2) is 7.04. The predicted octanol–water partition coefficient (Wildman–Crippen LogP) is 2.74. The van der Waals surface area contributed by atoms with Crippen LogP contribution in [-0.4, -0.2) is 16.4 Å². The molecule has 1 aromatic heterocycles. The average molecular weight is 397 g/mol. The molecule has 0 spiro atoms. The molecule has 4 bridgehead atoms. The number of hydrazine groups is 1. The number of aryl methyl sites for hydroxylation is 1. The van der Waals surface area contributed by atoms with E-state index >= 15 is 0 Å². The van der Waals surface area contributed by atoms with Gasteiger partial charge in [-0.3, -0.25) is 25.0 Å². The molecule has 1 heterocycles. The van der Waals surface area contributed by atoms with Gasteiger partial charge in [0.15, 0.2) is 5.58 Å². The number of fused-ring (bicyclic) bond motifs is 1. The Kier molecular flexibility index (Phi) is 4.48. The summed E-state index contributed by atoms with van der Waals surface area (Å²) < 4.78 is 6.61. The van der Waals surface area contributed by atoms with Gasteiger partial charge in [0.2, 0.25) is 11.8 Å². The van der Waals surface area contributed by atoms with Gasteiger partial charge in [-0.25, -0.2) is 4.79 Å². The number of nitrogens with one attached hydrogen (secondary N) is 2. The Morgan fingerprint density at radius 1 is 1.00 bits per heavy atom. The summed E-state index contributed by atoms with van der Waals surface area (Å²) >= 11 is 0. The first-order chi connectivity index (χ1) is 14.0. The molecular weight excluding hydrogens is 370 g/mol. The van der Waals surface area contributed by atoms with E-state index in [1.165, 1.54) is 23.8 Å². The van der Waals surface area contributed by atoms with Gasteiger partial charge in [0.25, 0.3) is 0 Å². The molecule has 0 radical (unpaired) electrons. The maximum Gasteiger partial charge on any atom is 0.419 e. The van der Waals surface area contributed by atoms with Gasteiger partial charge in [-0.1, -0.05) is 12.1 Å². The number of rotatable bonds is 5. The van der Waals surface area contributed by atoms with Crippen molar-refractivity contribution in [2.45, 2.75) is 57.9 Å². The zero-order valence-corrected chi connectivity index (χ0v) is 16.5. The van der Waals surface area contributed by atoms with Gasteiger partial charge in [-0.05, 0) is 73.8 Å². The van der Waals surface area contributed by atoms with Crippen LogP contribution in [0.1, 0.15) is 51.4 Å². The summed E-state index contributed by atoms with van der Waals surface area (Å²) in [6, 6.07) is 7.11. The van der Waals surface area contributed by atoms with Gasteiger partial charge in [-0.15, -0.1) is 0 Å². The van der Waals surface area contributed by atoms with E-state index in [0.29, 0.717) is 17.5 Å². The first-order valence-electron chi connectivity index (χ1n) is 10.7. The Balaban J connectivity index is 1.13. The molecule has 4 saturated carbocycles. The van der Waals surface area contributed by atoms with Gasteiger partial charge in [0.1, 0.15) is 0 Å². The van der Waals surface area contributed by atoms with Crippen LogP contribution in [0.25, 0.3) is 11.1 Å². The van der Waals surface area contributed by atoms with Crippen molar-refractivity contribution in [1.82, 2.24) is 15.4 Å². The molecule has 1 aromatic carbocycles. The molecule has 7 heteroatoms. The molecule has 0 atom stereocenters. The molecule has 2 aromatic rings. The van der Waals surface area contributed by atoms with Crippen molar-refractivity contribution in [2.24, 2.45) is 23.2 Å². The summed E-state index contributed by atoms with van der Waals surface area (Å²) in [5, 5.41) is 0. The Labute approximate surface area is 168 Å². The summed E-state index contributed by atoms with van der Waals surface area (Å²) in [6.45, 7) is 0.201. The number of carbonyl (C=O) groups is 2. The number of hydrogen-bond acceptors (Lipinski definition) is 4. The lowest BCUT2D eigenvalue weighted by atomic mass is 9.49. The van der Waals surface area contributed by atoms with E-state index in [9.17, 15) is 14.4 Å². The monoisotopic (exact) mass is 397 g/mol. The highest BCUT2D eigenvalue weighted by molar-refractivity contribution is 5.82. The van der Waals surface area contributed by atoms with Gasteiger partial charge in [0, 0.05) is 19.4 Å². The van der Waals surface area contributed by atoms with Crippen molar-refractivity contribution < 1.29 is 14.0 Å². The molecule has 0 saturated heterocycles. The number of carbonyl (C=O) groups excluding carboxylic acids is 2. The van der Waals surface area contributed by atoms with Crippen LogP contribution in [0.2, 0.25) is 0 Å². The molecule has 154 valence electrons. The minimum Gasteiger partial charge on any atom is -0.408 e. The molecule has 0 unspecified atom stereocenters. The first-order valence-corrected chi connectivity index (χ1v) is 10.7. The lowest BCUT2D eigenvalue weighted by Crippen LogP contribution is -2.50. The van der Waals surface area contributed by atoms with Gasteiger partial charge >= 0.3 is 5.76 Å².